The molecule has 1 fully saturated rings. The average molecular weight is 389 g/mol. The Morgan fingerprint density at radius 1 is 1.00 bits per heavy atom. The van der Waals surface area contributed by atoms with E-state index in [-0.39, 0.29) is 5.84 Å². The molecule has 1 aliphatic heterocycles. The van der Waals surface area contributed by atoms with Gasteiger partial charge in [-0.25, -0.2) is 4.99 Å². The number of nitrogens with two attached hydrogens (primary N) is 1. The van der Waals surface area contributed by atoms with Crippen molar-refractivity contribution in [2.45, 2.75) is 18.4 Å². The van der Waals surface area contributed by atoms with Gasteiger partial charge in [0, 0.05) is 20.1 Å². The first kappa shape index (κ1) is 18.9. The summed E-state index contributed by atoms with van der Waals surface area (Å²) in [4.78, 5) is 2.88. The van der Waals surface area contributed by atoms with E-state index >= 15 is 0 Å². The normalized spacial score (nSPS) is 28.6. The Morgan fingerprint density at radius 2 is 1.66 bits per heavy atom. The molecule has 1 heterocycles. The summed E-state index contributed by atoms with van der Waals surface area (Å²) in [6.45, 7) is 0.453. The van der Waals surface area contributed by atoms with Gasteiger partial charge in [-0.1, -0.05) is 42.5 Å². The van der Waals surface area contributed by atoms with Crippen LogP contribution in [-0.4, -0.2) is 26.0 Å². The Hall–Kier alpha value is -3.39. The maximum atomic E-state index is 10.1. The minimum atomic E-state index is -1.49. The lowest BCUT2D eigenvalue weighted by Gasteiger charge is -2.26. The molecule has 29 heavy (non-hydrogen) atoms. The molecule has 7 heteroatoms. The van der Waals surface area contributed by atoms with Crippen molar-refractivity contribution in [3.05, 3.63) is 65.7 Å². The van der Waals surface area contributed by atoms with E-state index in [2.05, 4.69) is 17.1 Å². The first-order chi connectivity index (χ1) is 14.0. The molecule has 3 atom stereocenters. The zero-order valence-corrected chi connectivity index (χ0v) is 16.2. The first-order valence-electron chi connectivity index (χ1n) is 9.16. The quantitative estimate of drug-likeness (QED) is 0.706. The van der Waals surface area contributed by atoms with Crippen molar-refractivity contribution < 1.29 is 19.2 Å². The van der Waals surface area contributed by atoms with E-state index in [1.165, 1.54) is 14.2 Å². The number of nitrogens with one attached hydrogen (secondary N) is 1. The molecule has 2 aromatic carbocycles. The Bertz CT molecular complexity index is 1030. The lowest BCUT2D eigenvalue weighted by atomic mass is 9.93. The fourth-order valence-corrected chi connectivity index (χ4v) is 4.61. The van der Waals surface area contributed by atoms with Crippen molar-refractivity contribution in [1.29, 1.82) is 10.5 Å². The van der Waals surface area contributed by atoms with Gasteiger partial charge in [0.2, 0.25) is 0 Å². The highest BCUT2D eigenvalue weighted by Crippen LogP contribution is 2.78. The molecule has 4 rings (SSSR count). The number of fused-ring (bicyclic) bond motifs is 1. The molecule has 1 aliphatic carbocycles. The molecule has 0 bridgehead atoms. The number of benzene rings is 2. The molecule has 0 spiro atoms. The van der Waals surface area contributed by atoms with Gasteiger partial charge in [0.15, 0.2) is 10.8 Å². The number of methoxy groups -OCH3 is 2. The van der Waals surface area contributed by atoms with Crippen LogP contribution in [0.1, 0.15) is 17.0 Å². The van der Waals surface area contributed by atoms with Crippen LogP contribution in [0, 0.1) is 33.5 Å². The van der Waals surface area contributed by atoms with E-state index in [0.29, 0.717) is 12.4 Å². The molecule has 146 valence electrons. The monoisotopic (exact) mass is 389 g/mol. The van der Waals surface area contributed by atoms with Crippen LogP contribution >= 0.6 is 0 Å². The molecule has 3 N–H and O–H groups in total. The van der Waals surface area contributed by atoms with Crippen LogP contribution in [0.4, 0.5) is 0 Å². The summed E-state index contributed by atoms with van der Waals surface area (Å²) in [6, 6.07) is 21.7. The number of nitrogens with zero attached hydrogens (tertiary/aromatic N) is 2. The van der Waals surface area contributed by atoms with Crippen LogP contribution in [0.5, 0.6) is 5.75 Å². The second kappa shape index (κ2) is 6.59. The van der Waals surface area contributed by atoms with Crippen LogP contribution in [0.25, 0.3) is 0 Å². The molecular weight excluding hydrogens is 368 g/mol. The van der Waals surface area contributed by atoms with Gasteiger partial charge in [0.25, 0.3) is 5.84 Å². The lowest BCUT2D eigenvalue weighted by Crippen LogP contribution is -2.90. The van der Waals surface area contributed by atoms with Gasteiger partial charge in [-0.15, -0.1) is 0 Å². The molecule has 2 aliphatic rings. The smallest absolute Gasteiger partial charge is 0.342 e. The highest BCUT2D eigenvalue weighted by atomic mass is 16.7. The Balaban J connectivity index is 1.63. The van der Waals surface area contributed by atoms with Crippen molar-refractivity contribution >= 4 is 5.84 Å². The molecule has 0 amide bonds. The van der Waals surface area contributed by atoms with Crippen LogP contribution in [0.2, 0.25) is 0 Å². The van der Waals surface area contributed by atoms with Gasteiger partial charge < -0.3 is 14.2 Å². The van der Waals surface area contributed by atoms with Crippen molar-refractivity contribution in [2.75, 3.05) is 14.2 Å². The largest absolute Gasteiger partial charge is 0.489 e. The second-order valence-electron chi connectivity index (χ2n) is 7.18. The Morgan fingerprint density at radius 3 is 2.21 bits per heavy atom. The summed E-state index contributed by atoms with van der Waals surface area (Å²) >= 11 is 0. The number of ether oxygens (including phenoxy) is 3. The van der Waals surface area contributed by atoms with Gasteiger partial charge in [-0.05, 0) is 23.3 Å². The topological polar surface area (TPSA) is 115 Å². The fourth-order valence-electron chi connectivity index (χ4n) is 4.61. The third-order valence-corrected chi connectivity index (χ3v) is 6.04. The third-order valence-electron chi connectivity index (χ3n) is 6.04. The number of hydrogen-bond donors (Lipinski definition) is 2. The SMILES string of the molecule is COC1(OC)[NH+]=C(N)[C@@]2(C#N)[C@@H](c3ccc(OCc4ccccc4)cc3)[C@@]12C#N. The van der Waals surface area contributed by atoms with Gasteiger partial charge in [0.1, 0.15) is 12.4 Å². The van der Waals surface area contributed by atoms with Gasteiger partial charge in [-0.3, -0.25) is 5.73 Å². The van der Waals surface area contributed by atoms with Gasteiger partial charge in [0.05, 0.1) is 12.1 Å². The first-order valence-corrected chi connectivity index (χ1v) is 9.16. The van der Waals surface area contributed by atoms with Crippen LogP contribution < -0.4 is 15.5 Å². The molecule has 2 aromatic rings. The Labute approximate surface area is 168 Å². The predicted molar refractivity (Wildman–Crippen MR) is 103 cm³/mol. The molecule has 0 saturated heterocycles. The standard InChI is InChI=1S/C22H20N4O3/c1-27-22(28-2)21(14-24)18(20(21,13-23)19(25)26-22)16-8-10-17(11-9-16)29-12-15-6-4-3-5-7-15/h3-11,18H,12H2,1-2H3,(H2,25,26)/p+1/t18-,20-,21-/m1/s1. The average Bonchev–Trinajstić information content (AvgIpc) is 3.35. The summed E-state index contributed by atoms with van der Waals surface area (Å²) in [7, 11) is 2.85. The fraction of sp³-hybridized carbons (Fsp3) is 0.318. The Kier molecular flexibility index (Phi) is 4.31. The van der Waals surface area contributed by atoms with E-state index < -0.39 is 22.7 Å². The van der Waals surface area contributed by atoms with E-state index in [1.807, 2.05) is 54.6 Å². The van der Waals surface area contributed by atoms with Gasteiger partial charge in [-0.2, -0.15) is 10.5 Å². The molecule has 0 aromatic heterocycles. The van der Waals surface area contributed by atoms with Crippen molar-refractivity contribution in [1.82, 2.24) is 0 Å². The highest BCUT2D eigenvalue weighted by Gasteiger charge is 2.96. The van der Waals surface area contributed by atoms with Gasteiger partial charge >= 0.3 is 5.91 Å². The van der Waals surface area contributed by atoms with E-state index in [1.54, 1.807) is 0 Å². The number of amidine groups is 1. The zero-order valence-electron chi connectivity index (χ0n) is 16.2. The summed E-state index contributed by atoms with van der Waals surface area (Å²) in [5, 5.41) is 20.1. The molecule has 1 saturated carbocycles. The second-order valence-corrected chi connectivity index (χ2v) is 7.18. The molecular formula is C22H21N4O3+. The van der Waals surface area contributed by atoms with Crippen LogP contribution in [0.3, 0.4) is 0 Å². The summed E-state index contributed by atoms with van der Waals surface area (Å²) in [6.07, 6.45) is 0. The maximum absolute atomic E-state index is 10.1. The lowest BCUT2D eigenvalue weighted by molar-refractivity contribution is -0.687. The zero-order chi connectivity index (χ0) is 20.7. The minimum Gasteiger partial charge on any atom is -0.489 e. The molecule has 0 unspecified atom stereocenters. The van der Waals surface area contributed by atoms with E-state index in [0.717, 1.165) is 11.1 Å². The predicted octanol–water partition coefficient (Wildman–Crippen LogP) is 0.781. The molecule has 0 radical (unpaired) electrons. The number of nitriles is 2. The van der Waals surface area contributed by atoms with Crippen molar-refractivity contribution in [2.24, 2.45) is 16.6 Å². The summed E-state index contributed by atoms with van der Waals surface area (Å²) in [5.41, 5.74) is 5.50. The molecule has 7 nitrogen and oxygen atoms in total. The van der Waals surface area contributed by atoms with Crippen LogP contribution in [0.15, 0.2) is 54.6 Å². The maximum Gasteiger partial charge on any atom is 0.342 e. The van der Waals surface area contributed by atoms with Crippen molar-refractivity contribution in [3.63, 3.8) is 0 Å². The number of rotatable bonds is 6. The summed E-state index contributed by atoms with van der Waals surface area (Å²) < 4.78 is 16.9. The third kappa shape index (κ3) is 2.26. The minimum absolute atomic E-state index is 0.180. The van der Waals surface area contributed by atoms with E-state index in [9.17, 15) is 10.5 Å². The summed E-state index contributed by atoms with van der Waals surface area (Å²) in [5.74, 6) is -1.11. The number of hydrogen-bond acceptors (Lipinski definition) is 6. The highest BCUT2D eigenvalue weighted by molar-refractivity contribution is 5.95. The van der Waals surface area contributed by atoms with Crippen molar-refractivity contribution in [3.8, 4) is 17.9 Å². The van der Waals surface area contributed by atoms with Crippen LogP contribution in [-0.2, 0) is 16.1 Å². The van der Waals surface area contributed by atoms with E-state index in [4.69, 9.17) is 19.9 Å².